The van der Waals surface area contributed by atoms with Gasteiger partial charge in [0, 0.05) is 12.6 Å². The number of hydrogen-bond acceptors (Lipinski definition) is 2. The van der Waals surface area contributed by atoms with Crippen molar-refractivity contribution in [1.29, 1.82) is 0 Å². The molecule has 1 aliphatic rings. The Balaban J connectivity index is 2.31. The van der Waals surface area contributed by atoms with E-state index in [2.05, 4.69) is 43.3 Å². The topological polar surface area (TPSA) is 15.3 Å². The van der Waals surface area contributed by atoms with Crippen LogP contribution in [0.15, 0.2) is 12.2 Å². The Labute approximate surface area is 101 Å². The van der Waals surface area contributed by atoms with Crippen LogP contribution in [0, 0.1) is 5.92 Å². The molecule has 0 aromatic rings. The molecular formula is C14H28N2. The molecule has 1 saturated heterocycles. The molecule has 0 aromatic heterocycles. The molecule has 0 radical (unpaired) electrons. The fourth-order valence-electron chi connectivity index (χ4n) is 2.47. The SMILES string of the molecule is CCC=CC(C)CN(C)C1CCCNCC1. The van der Waals surface area contributed by atoms with E-state index in [1.165, 1.54) is 38.9 Å². The first-order valence-corrected chi connectivity index (χ1v) is 6.81. The van der Waals surface area contributed by atoms with E-state index in [0.717, 1.165) is 12.5 Å². The highest BCUT2D eigenvalue weighted by Crippen LogP contribution is 2.13. The minimum absolute atomic E-state index is 0.682. The average Bonchev–Trinajstić information content (AvgIpc) is 2.54. The van der Waals surface area contributed by atoms with Gasteiger partial charge in [-0.2, -0.15) is 0 Å². The third-order valence-electron chi connectivity index (χ3n) is 3.44. The highest BCUT2D eigenvalue weighted by Gasteiger charge is 2.17. The lowest BCUT2D eigenvalue weighted by Gasteiger charge is -2.28. The van der Waals surface area contributed by atoms with Crippen molar-refractivity contribution in [2.45, 2.75) is 45.6 Å². The molecule has 0 bridgehead atoms. The zero-order valence-corrected chi connectivity index (χ0v) is 11.2. The summed E-state index contributed by atoms with van der Waals surface area (Å²) in [5.74, 6) is 0.682. The molecule has 2 unspecified atom stereocenters. The third-order valence-corrected chi connectivity index (χ3v) is 3.44. The van der Waals surface area contributed by atoms with Gasteiger partial charge in [-0.1, -0.05) is 26.0 Å². The highest BCUT2D eigenvalue weighted by molar-refractivity contribution is 4.87. The molecule has 0 saturated carbocycles. The molecule has 1 heterocycles. The van der Waals surface area contributed by atoms with Gasteiger partial charge >= 0.3 is 0 Å². The van der Waals surface area contributed by atoms with Crippen molar-refractivity contribution in [3.63, 3.8) is 0 Å². The molecule has 0 aliphatic carbocycles. The van der Waals surface area contributed by atoms with Crippen LogP contribution in [0.25, 0.3) is 0 Å². The van der Waals surface area contributed by atoms with Crippen LogP contribution in [0.1, 0.15) is 39.5 Å². The molecule has 2 atom stereocenters. The molecule has 1 rings (SSSR count). The Morgan fingerprint density at radius 1 is 1.38 bits per heavy atom. The van der Waals surface area contributed by atoms with Gasteiger partial charge in [0.05, 0.1) is 0 Å². The van der Waals surface area contributed by atoms with Gasteiger partial charge in [-0.25, -0.2) is 0 Å². The molecule has 94 valence electrons. The molecule has 2 nitrogen and oxygen atoms in total. The van der Waals surface area contributed by atoms with Crippen LogP contribution in [0.4, 0.5) is 0 Å². The Kier molecular flexibility index (Phi) is 6.74. The second-order valence-electron chi connectivity index (χ2n) is 5.09. The molecule has 0 amide bonds. The van der Waals surface area contributed by atoms with Crippen molar-refractivity contribution in [3.8, 4) is 0 Å². The summed E-state index contributed by atoms with van der Waals surface area (Å²) < 4.78 is 0. The van der Waals surface area contributed by atoms with Crippen LogP contribution >= 0.6 is 0 Å². The van der Waals surface area contributed by atoms with Crippen molar-refractivity contribution in [3.05, 3.63) is 12.2 Å². The lowest BCUT2D eigenvalue weighted by molar-refractivity contribution is 0.209. The minimum atomic E-state index is 0.682. The predicted molar refractivity (Wildman–Crippen MR) is 71.7 cm³/mol. The van der Waals surface area contributed by atoms with Crippen molar-refractivity contribution in [1.82, 2.24) is 10.2 Å². The van der Waals surface area contributed by atoms with Gasteiger partial charge in [0.1, 0.15) is 0 Å². The van der Waals surface area contributed by atoms with Crippen LogP contribution < -0.4 is 5.32 Å². The van der Waals surface area contributed by atoms with Gasteiger partial charge in [0.15, 0.2) is 0 Å². The highest BCUT2D eigenvalue weighted by atomic mass is 15.1. The molecule has 16 heavy (non-hydrogen) atoms. The molecular weight excluding hydrogens is 196 g/mol. The first-order chi connectivity index (χ1) is 7.74. The zero-order chi connectivity index (χ0) is 11.8. The molecule has 0 aromatic carbocycles. The van der Waals surface area contributed by atoms with Crippen molar-refractivity contribution < 1.29 is 0 Å². The fourth-order valence-corrected chi connectivity index (χ4v) is 2.47. The van der Waals surface area contributed by atoms with E-state index in [9.17, 15) is 0 Å². The summed E-state index contributed by atoms with van der Waals surface area (Å²) in [5, 5.41) is 3.48. The summed E-state index contributed by atoms with van der Waals surface area (Å²) in [6.07, 6.45) is 9.78. The molecule has 2 heteroatoms. The van der Waals surface area contributed by atoms with Crippen LogP contribution in [0.5, 0.6) is 0 Å². The van der Waals surface area contributed by atoms with Gasteiger partial charge in [-0.3, -0.25) is 0 Å². The number of rotatable bonds is 5. The first-order valence-electron chi connectivity index (χ1n) is 6.81. The van der Waals surface area contributed by atoms with Gasteiger partial charge in [0.25, 0.3) is 0 Å². The van der Waals surface area contributed by atoms with E-state index < -0.39 is 0 Å². The van der Waals surface area contributed by atoms with Crippen molar-refractivity contribution in [2.24, 2.45) is 5.92 Å². The largest absolute Gasteiger partial charge is 0.317 e. The Hall–Kier alpha value is -0.340. The van der Waals surface area contributed by atoms with Crippen LogP contribution in [-0.2, 0) is 0 Å². The Morgan fingerprint density at radius 2 is 2.19 bits per heavy atom. The number of nitrogens with one attached hydrogen (secondary N) is 1. The van der Waals surface area contributed by atoms with Gasteiger partial charge in [-0.15, -0.1) is 0 Å². The predicted octanol–water partition coefficient (Wildman–Crippen LogP) is 2.66. The molecule has 1 N–H and O–H groups in total. The lowest BCUT2D eigenvalue weighted by Crippen LogP contribution is -2.35. The third kappa shape index (κ3) is 5.13. The number of hydrogen-bond donors (Lipinski definition) is 1. The maximum absolute atomic E-state index is 3.48. The Bertz CT molecular complexity index is 193. The fraction of sp³-hybridized carbons (Fsp3) is 0.857. The zero-order valence-electron chi connectivity index (χ0n) is 11.2. The van der Waals surface area contributed by atoms with Crippen molar-refractivity contribution >= 4 is 0 Å². The summed E-state index contributed by atoms with van der Waals surface area (Å²) in [6.45, 7) is 8.10. The van der Waals surface area contributed by atoms with Crippen LogP contribution in [-0.4, -0.2) is 37.6 Å². The maximum Gasteiger partial charge on any atom is 0.0105 e. The standard InChI is InChI=1S/C14H28N2/c1-4-5-7-13(2)12-16(3)14-8-6-10-15-11-9-14/h5,7,13-15H,4,6,8-12H2,1-3H3. The normalized spacial score (nSPS) is 24.9. The summed E-state index contributed by atoms with van der Waals surface area (Å²) in [4.78, 5) is 2.55. The number of nitrogens with zero attached hydrogens (tertiary/aromatic N) is 1. The second-order valence-corrected chi connectivity index (χ2v) is 5.09. The molecule has 0 spiro atoms. The van der Waals surface area contributed by atoms with E-state index in [1.807, 2.05) is 0 Å². The smallest absolute Gasteiger partial charge is 0.0105 e. The maximum atomic E-state index is 3.48. The van der Waals surface area contributed by atoms with Gasteiger partial charge in [0.2, 0.25) is 0 Å². The van der Waals surface area contributed by atoms with Gasteiger partial charge in [-0.05, 0) is 51.7 Å². The monoisotopic (exact) mass is 224 g/mol. The number of allylic oxidation sites excluding steroid dienone is 1. The van der Waals surface area contributed by atoms with Crippen LogP contribution in [0.3, 0.4) is 0 Å². The second kappa shape index (κ2) is 7.86. The van der Waals surface area contributed by atoms with Gasteiger partial charge < -0.3 is 10.2 Å². The van der Waals surface area contributed by atoms with E-state index in [1.54, 1.807) is 0 Å². The Morgan fingerprint density at radius 3 is 2.94 bits per heavy atom. The van der Waals surface area contributed by atoms with Crippen molar-refractivity contribution in [2.75, 3.05) is 26.7 Å². The van der Waals surface area contributed by atoms with E-state index in [-0.39, 0.29) is 0 Å². The summed E-state index contributed by atoms with van der Waals surface area (Å²) in [6, 6.07) is 0.785. The van der Waals surface area contributed by atoms with E-state index >= 15 is 0 Å². The van der Waals surface area contributed by atoms with E-state index in [0.29, 0.717) is 5.92 Å². The van der Waals surface area contributed by atoms with Crippen LogP contribution in [0.2, 0.25) is 0 Å². The summed E-state index contributed by atoms with van der Waals surface area (Å²) in [5.41, 5.74) is 0. The summed E-state index contributed by atoms with van der Waals surface area (Å²) >= 11 is 0. The molecule has 1 aliphatic heterocycles. The molecule has 1 fully saturated rings. The minimum Gasteiger partial charge on any atom is -0.317 e. The lowest BCUT2D eigenvalue weighted by atomic mass is 10.1. The average molecular weight is 224 g/mol. The van der Waals surface area contributed by atoms with E-state index in [4.69, 9.17) is 0 Å². The quantitative estimate of drug-likeness (QED) is 0.722. The first kappa shape index (κ1) is 13.7. The summed E-state index contributed by atoms with van der Waals surface area (Å²) in [7, 11) is 2.28.